The average molecular weight is 455 g/mol. The molecule has 0 unspecified atom stereocenters. The van der Waals surface area contributed by atoms with Crippen molar-refractivity contribution in [2.75, 3.05) is 32.7 Å². The van der Waals surface area contributed by atoms with Gasteiger partial charge in [0.05, 0.1) is 4.90 Å². The van der Waals surface area contributed by atoms with E-state index in [0.29, 0.717) is 31.7 Å². The number of hydrogen-bond acceptors (Lipinski definition) is 4. The van der Waals surface area contributed by atoms with Crippen LogP contribution in [-0.2, 0) is 14.8 Å². The molecule has 168 valence electrons. The van der Waals surface area contributed by atoms with E-state index in [0.717, 1.165) is 10.9 Å². The Labute approximate surface area is 187 Å². The molecule has 0 radical (unpaired) electrons. The Balaban J connectivity index is 1.53. The van der Waals surface area contributed by atoms with Gasteiger partial charge in [0.25, 0.3) is 5.91 Å². The van der Waals surface area contributed by atoms with Crippen molar-refractivity contribution in [2.45, 2.75) is 17.7 Å². The fraction of sp³-hybridized carbons (Fsp3) is 0.304. The minimum Gasteiger partial charge on any atom is -0.354 e. The summed E-state index contributed by atoms with van der Waals surface area (Å²) in [7, 11) is -3.73. The van der Waals surface area contributed by atoms with Crippen molar-refractivity contribution in [3.8, 4) is 0 Å². The van der Waals surface area contributed by atoms with Crippen molar-refractivity contribution in [1.82, 2.24) is 19.5 Å². The van der Waals surface area contributed by atoms with Crippen LogP contribution in [-0.4, -0.2) is 67.1 Å². The summed E-state index contributed by atoms with van der Waals surface area (Å²) in [5.74, 6) is -0.412. The van der Waals surface area contributed by atoms with Gasteiger partial charge in [-0.05, 0) is 30.7 Å². The van der Waals surface area contributed by atoms with E-state index in [9.17, 15) is 18.0 Å². The minimum atomic E-state index is -3.73. The van der Waals surface area contributed by atoms with Crippen molar-refractivity contribution in [2.24, 2.45) is 0 Å². The number of H-pyrrole nitrogens is 1. The molecule has 9 heteroatoms. The number of nitrogens with one attached hydrogen (secondary N) is 2. The smallest absolute Gasteiger partial charge is 0.270 e. The number of rotatable bonds is 3. The van der Waals surface area contributed by atoms with Gasteiger partial charge < -0.3 is 15.2 Å². The van der Waals surface area contributed by atoms with E-state index in [4.69, 9.17) is 0 Å². The Morgan fingerprint density at radius 3 is 2.44 bits per heavy atom. The van der Waals surface area contributed by atoms with Gasteiger partial charge >= 0.3 is 0 Å². The van der Waals surface area contributed by atoms with E-state index in [-0.39, 0.29) is 36.2 Å². The van der Waals surface area contributed by atoms with Crippen LogP contribution in [0.3, 0.4) is 0 Å². The lowest BCUT2D eigenvalue weighted by molar-refractivity contribution is -0.121. The third-order valence-corrected chi connectivity index (χ3v) is 7.47. The number of hydrogen-bond donors (Lipinski definition) is 2. The van der Waals surface area contributed by atoms with Gasteiger partial charge in [0, 0.05) is 50.0 Å². The standard InChI is InChI=1S/C23H26N4O4S/c28-22-11-15-27(32(30,31)19-8-2-1-3-9-19)14-6-13-26(16-12-24-22)23(29)21-17-18-7-4-5-10-20(18)25-21/h1-5,7-10,17,25H,6,11-16H2,(H,24,28). The zero-order valence-electron chi connectivity index (χ0n) is 17.7. The Hall–Kier alpha value is -3.17. The van der Waals surface area contributed by atoms with Gasteiger partial charge in [-0.2, -0.15) is 4.31 Å². The van der Waals surface area contributed by atoms with Crippen LogP contribution in [0, 0.1) is 0 Å². The van der Waals surface area contributed by atoms with E-state index in [1.165, 1.54) is 4.31 Å². The third-order valence-electron chi connectivity index (χ3n) is 5.56. The number of aromatic amines is 1. The number of nitrogens with zero attached hydrogens (tertiary/aromatic N) is 2. The predicted molar refractivity (Wildman–Crippen MR) is 122 cm³/mol. The molecule has 0 saturated carbocycles. The summed E-state index contributed by atoms with van der Waals surface area (Å²) in [5, 5.41) is 3.74. The molecule has 2 aromatic carbocycles. The van der Waals surface area contributed by atoms with Crippen LogP contribution in [0.2, 0.25) is 0 Å². The van der Waals surface area contributed by atoms with Gasteiger partial charge in [-0.15, -0.1) is 0 Å². The van der Waals surface area contributed by atoms with Crippen LogP contribution in [0.15, 0.2) is 65.6 Å². The molecule has 1 aromatic heterocycles. The molecule has 1 aliphatic rings. The third kappa shape index (κ3) is 4.84. The number of para-hydroxylation sites is 1. The maximum Gasteiger partial charge on any atom is 0.270 e. The Bertz CT molecular complexity index is 1170. The summed E-state index contributed by atoms with van der Waals surface area (Å²) in [6, 6.07) is 17.7. The molecule has 1 fully saturated rings. The summed E-state index contributed by atoms with van der Waals surface area (Å²) in [6.45, 7) is 1.37. The summed E-state index contributed by atoms with van der Waals surface area (Å²) in [5.41, 5.74) is 1.35. The molecular formula is C23H26N4O4S. The highest BCUT2D eigenvalue weighted by molar-refractivity contribution is 7.89. The molecule has 1 aliphatic heterocycles. The van der Waals surface area contributed by atoms with Crippen molar-refractivity contribution < 1.29 is 18.0 Å². The van der Waals surface area contributed by atoms with Crippen molar-refractivity contribution in [1.29, 1.82) is 0 Å². The summed E-state index contributed by atoms with van der Waals surface area (Å²) < 4.78 is 27.5. The molecule has 0 aliphatic carbocycles. The second-order valence-electron chi connectivity index (χ2n) is 7.73. The molecule has 3 aromatic rings. The topological polar surface area (TPSA) is 103 Å². The minimum absolute atomic E-state index is 0.0715. The highest BCUT2D eigenvalue weighted by atomic mass is 32.2. The molecule has 2 heterocycles. The summed E-state index contributed by atoms with van der Waals surface area (Å²) >= 11 is 0. The van der Waals surface area contributed by atoms with E-state index < -0.39 is 10.0 Å². The molecule has 2 amide bonds. The lowest BCUT2D eigenvalue weighted by Crippen LogP contribution is -2.39. The van der Waals surface area contributed by atoms with Gasteiger partial charge in [0.1, 0.15) is 5.69 Å². The number of carbonyl (C=O) groups excluding carboxylic acids is 2. The van der Waals surface area contributed by atoms with Crippen molar-refractivity contribution >= 4 is 32.7 Å². The first kappa shape index (κ1) is 22.0. The van der Waals surface area contributed by atoms with E-state index in [1.807, 2.05) is 30.3 Å². The van der Waals surface area contributed by atoms with Gasteiger partial charge in [-0.1, -0.05) is 36.4 Å². The first-order chi connectivity index (χ1) is 15.4. The number of amides is 2. The molecular weight excluding hydrogens is 428 g/mol. The molecule has 8 nitrogen and oxygen atoms in total. The second kappa shape index (κ2) is 9.54. The maximum absolute atomic E-state index is 13.2. The highest BCUT2D eigenvalue weighted by Gasteiger charge is 2.26. The normalized spacial score (nSPS) is 17.0. The Morgan fingerprint density at radius 1 is 0.906 bits per heavy atom. The fourth-order valence-electron chi connectivity index (χ4n) is 3.85. The molecule has 0 spiro atoms. The van der Waals surface area contributed by atoms with Crippen LogP contribution in [0.5, 0.6) is 0 Å². The SMILES string of the molecule is O=C1CCN(S(=O)(=O)c2ccccc2)CCCN(C(=O)c2cc3ccccc3[nH]2)CCN1. The Morgan fingerprint density at radius 2 is 1.66 bits per heavy atom. The number of carbonyl (C=O) groups is 2. The first-order valence-corrected chi connectivity index (χ1v) is 12.1. The summed E-state index contributed by atoms with van der Waals surface area (Å²) in [4.78, 5) is 30.4. The molecule has 0 bridgehead atoms. The van der Waals surface area contributed by atoms with E-state index >= 15 is 0 Å². The predicted octanol–water partition coefficient (Wildman–Crippen LogP) is 2.21. The molecule has 2 N–H and O–H groups in total. The van der Waals surface area contributed by atoms with Gasteiger partial charge in [-0.3, -0.25) is 9.59 Å². The van der Waals surface area contributed by atoms with Crippen molar-refractivity contribution in [3.05, 3.63) is 66.4 Å². The number of aromatic nitrogens is 1. The van der Waals surface area contributed by atoms with Gasteiger partial charge in [-0.25, -0.2) is 8.42 Å². The van der Waals surface area contributed by atoms with Crippen LogP contribution in [0.4, 0.5) is 0 Å². The number of benzene rings is 2. The molecule has 4 rings (SSSR count). The largest absolute Gasteiger partial charge is 0.354 e. The number of fused-ring (bicyclic) bond motifs is 1. The second-order valence-corrected chi connectivity index (χ2v) is 9.67. The monoisotopic (exact) mass is 454 g/mol. The molecule has 32 heavy (non-hydrogen) atoms. The number of sulfonamides is 1. The lowest BCUT2D eigenvalue weighted by atomic mass is 10.2. The average Bonchev–Trinajstić information content (AvgIpc) is 3.22. The van der Waals surface area contributed by atoms with Crippen LogP contribution >= 0.6 is 0 Å². The van der Waals surface area contributed by atoms with E-state index in [2.05, 4.69) is 10.3 Å². The molecule has 1 saturated heterocycles. The summed E-state index contributed by atoms with van der Waals surface area (Å²) in [6.07, 6.45) is 0.536. The van der Waals surface area contributed by atoms with Gasteiger partial charge in [0.15, 0.2) is 0 Å². The van der Waals surface area contributed by atoms with Crippen LogP contribution < -0.4 is 5.32 Å². The Kier molecular flexibility index (Phi) is 6.57. The quantitative estimate of drug-likeness (QED) is 0.633. The lowest BCUT2D eigenvalue weighted by Gasteiger charge is -2.24. The fourth-order valence-corrected chi connectivity index (χ4v) is 5.35. The van der Waals surface area contributed by atoms with Crippen LogP contribution in [0.25, 0.3) is 10.9 Å². The van der Waals surface area contributed by atoms with Gasteiger partial charge in [0.2, 0.25) is 15.9 Å². The van der Waals surface area contributed by atoms with E-state index in [1.54, 1.807) is 35.2 Å². The van der Waals surface area contributed by atoms with Crippen LogP contribution in [0.1, 0.15) is 23.3 Å². The zero-order valence-corrected chi connectivity index (χ0v) is 18.5. The molecule has 0 atom stereocenters. The highest BCUT2D eigenvalue weighted by Crippen LogP contribution is 2.18. The first-order valence-electron chi connectivity index (χ1n) is 10.6. The maximum atomic E-state index is 13.2. The zero-order chi connectivity index (χ0) is 22.6. The van der Waals surface area contributed by atoms with Crippen molar-refractivity contribution in [3.63, 3.8) is 0 Å².